The summed E-state index contributed by atoms with van der Waals surface area (Å²) in [5, 5.41) is 65.1. The average Bonchev–Trinajstić information content (AvgIpc) is 4.08. The highest BCUT2D eigenvalue weighted by molar-refractivity contribution is 8.76. The highest BCUT2D eigenvalue weighted by Gasteiger charge is 2.74. The van der Waals surface area contributed by atoms with Gasteiger partial charge in [0.25, 0.3) is 0 Å². The number of ketones is 1. The number of hydrogen-bond donors (Lipinski definition) is 7. The molecular formula is C59H89N5O6S2. The summed E-state index contributed by atoms with van der Waals surface area (Å²) < 4.78 is 2.33. The van der Waals surface area contributed by atoms with E-state index in [-0.39, 0.29) is 71.5 Å². The van der Waals surface area contributed by atoms with E-state index in [1.165, 1.54) is 44.9 Å². The molecule has 0 radical (unpaired) electrons. The van der Waals surface area contributed by atoms with Crippen LogP contribution in [-0.4, -0.2) is 95.0 Å². The summed E-state index contributed by atoms with van der Waals surface area (Å²) in [6, 6.07) is 0.183. The van der Waals surface area contributed by atoms with E-state index in [4.69, 9.17) is 10.7 Å². The lowest BCUT2D eigenvalue weighted by molar-refractivity contribution is -0.176. The second-order valence-electron chi connectivity index (χ2n) is 26.9. The standard InChI is InChI=1S/C59H89N5O6S2/c1-33(2)12-10-19-58-28-47(68)46(67)24-43(58)45(66)25-44-50(58)36(29-62-54(60)63-34(3)65)26-56(6)42-23-37(59(44,56)70)30-71-72-31-38(64-21-20-61-32-64)27-55(4,5)52-40-15-11-18-57(16-7-8-17-57)51(40)39-14-9-13-35-22-41(42)53(69)49(52)48(35)39/h20-21,25,32-38,41-43,46-47,49-51,53,65,67-70H,7-19,22-24,26-31H2,1-6H3,(H3,60,62,63)/t34-,35-,36+,37+,38+,41+,42-,43+,46-,47+,49-,50+,51-,53+,56-,58+,59-/m1/s1. The maximum atomic E-state index is 15.2. The predicted octanol–water partition coefficient (Wildman–Crippen LogP) is 9.71. The first-order valence-corrected chi connectivity index (χ1v) is 31.3. The van der Waals surface area contributed by atoms with Gasteiger partial charge in [-0.15, -0.1) is 0 Å². The van der Waals surface area contributed by atoms with Crippen molar-refractivity contribution < 1.29 is 30.3 Å². The van der Waals surface area contributed by atoms with Crippen LogP contribution in [0, 0.1) is 80.8 Å². The Morgan fingerprint density at radius 2 is 1.71 bits per heavy atom. The van der Waals surface area contributed by atoms with E-state index >= 15 is 4.79 Å². The molecule has 11 nitrogen and oxygen atoms in total. The molecule has 7 fully saturated rings. The number of nitrogens with zero attached hydrogens (tertiary/aromatic N) is 3. The molecule has 72 heavy (non-hydrogen) atoms. The number of aliphatic imine (C=N–C) groups is 1. The molecule has 17 atom stereocenters. The molecule has 4 bridgehead atoms. The fourth-order valence-electron chi connectivity index (χ4n) is 19.8. The monoisotopic (exact) mass is 1030 g/mol. The maximum Gasteiger partial charge on any atom is 0.190 e. The van der Waals surface area contributed by atoms with Crippen LogP contribution in [0.1, 0.15) is 170 Å². The summed E-state index contributed by atoms with van der Waals surface area (Å²) in [7, 11) is 3.78. The van der Waals surface area contributed by atoms with E-state index in [1.807, 2.05) is 40.2 Å². The van der Waals surface area contributed by atoms with E-state index in [0.717, 1.165) is 62.7 Å². The third kappa shape index (κ3) is 8.24. The Bertz CT molecular complexity index is 2340. The minimum absolute atomic E-state index is 0.0322. The van der Waals surface area contributed by atoms with Gasteiger partial charge in [0, 0.05) is 65.6 Å². The molecule has 1 spiro atoms. The molecule has 8 N–H and O–H groups in total. The molecule has 398 valence electrons. The number of aliphatic hydroxyl groups is 5. The molecule has 0 unspecified atom stereocenters. The van der Waals surface area contributed by atoms with Crippen LogP contribution in [-0.2, 0) is 4.79 Å². The van der Waals surface area contributed by atoms with Crippen LogP contribution >= 0.6 is 21.6 Å². The maximum absolute atomic E-state index is 15.2. The largest absolute Gasteiger partial charge is 0.392 e. The van der Waals surface area contributed by atoms with Gasteiger partial charge < -0.3 is 41.2 Å². The van der Waals surface area contributed by atoms with Gasteiger partial charge in [0.05, 0.1) is 30.2 Å². The third-order valence-electron chi connectivity index (χ3n) is 22.2. The van der Waals surface area contributed by atoms with Crippen LogP contribution in [0.2, 0.25) is 0 Å². The van der Waals surface area contributed by atoms with Crippen LogP contribution < -0.4 is 11.1 Å². The number of hydrogen-bond acceptors (Lipinski definition) is 10. The zero-order valence-electron chi connectivity index (χ0n) is 44.4. The minimum Gasteiger partial charge on any atom is -0.392 e. The van der Waals surface area contributed by atoms with Gasteiger partial charge in [-0.2, -0.15) is 0 Å². The Balaban J connectivity index is 1.09. The van der Waals surface area contributed by atoms with Crippen molar-refractivity contribution in [3.8, 4) is 0 Å². The van der Waals surface area contributed by atoms with E-state index < -0.39 is 46.9 Å². The van der Waals surface area contributed by atoms with Crippen molar-refractivity contribution in [2.24, 2.45) is 91.6 Å². The molecule has 0 aromatic carbocycles. The summed E-state index contributed by atoms with van der Waals surface area (Å²) in [5.41, 5.74) is 11.3. The highest BCUT2D eigenvalue weighted by atomic mass is 33.1. The van der Waals surface area contributed by atoms with Gasteiger partial charge in [-0.1, -0.05) is 104 Å². The van der Waals surface area contributed by atoms with Crippen molar-refractivity contribution in [2.75, 3.05) is 18.1 Å². The number of guanidine groups is 1. The average molecular weight is 1030 g/mol. The Morgan fingerprint density at radius 1 is 0.958 bits per heavy atom. The molecule has 1 saturated heterocycles. The predicted molar refractivity (Wildman–Crippen MR) is 288 cm³/mol. The van der Waals surface area contributed by atoms with Crippen LogP contribution in [0.3, 0.4) is 0 Å². The number of nitrogens with one attached hydrogen (secondary N) is 1. The summed E-state index contributed by atoms with van der Waals surface area (Å²) >= 11 is 0. The van der Waals surface area contributed by atoms with Crippen molar-refractivity contribution in [1.29, 1.82) is 0 Å². The Morgan fingerprint density at radius 3 is 2.44 bits per heavy atom. The van der Waals surface area contributed by atoms with Crippen LogP contribution in [0.5, 0.6) is 0 Å². The van der Waals surface area contributed by atoms with E-state index in [1.54, 1.807) is 29.2 Å². The minimum atomic E-state index is -1.37. The topological polar surface area (TPSA) is 186 Å². The Labute approximate surface area is 438 Å². The zero-order valence-corrected chi connectivity index (χ0v) is 46.0. The van der Waals surface area contributed by atoms with Gasteiger partial charge in [0.15, 0.2) is 11.7 Å². The van der Waals surface area contributed by atoms with Crippen molar-refractivity contribution in [3.63, 3.8) is 0 Å². The van der Waals surface area contributed by atoms with Gasteiger partial charge in [0.2, 0.25) is 0 Å². The molecule has 10 aliphatic rings. The molecule has 1 aromatic rings. The number of rotatable bonds is 8. The van der Waals surface area contributed by atoms with Crippen molar-refractivity contribution >= 4 is 33.3 Å². The summed E-state index contributed by atoms with van der Waals surface area (Å²) in [6.07, 6.45) is 23.1. The van der Waals surface area contributed by atoms with Crippen molar-refractivity contribution in [1.82, 2.24) is 14.9 Å². The lowest BCUT2D eigenvalue weighted by atomic mass is 9.41. The molecule has 2 heterocycles. The van der Waals surface area contributed by atoms with Crippen molar-refractivity contribution in [2.45, 2.75) is 200 Å². The van der Waals surface area contributed by atoms with Crippen LogP contribution in [0.15, 0.2) is 57.7 Å². The first-order chi connectivity index (χ1) is 34.3. The Hall–Kier alpha value is -2.13. The molecule has 9 aliphatic carbocycles. The van der Waals surface area contributed by atoms with Gasteiger partial charge >= 0.3 is 0 Å². The summed E-state index contributed by atoms with van der Waals surface area (Å²) in [6.45, 7) is 13.8. The second-order valence-corrected chi connectivity index (χ2v) is 29.5. The van der Waals surface area contributed by atoms with E-state index in [2.05, 4.69) is 55.7 Å². The SMILES string of the molecule is CC(C)CCC[C@]12C[C@H](O)[C@H](O)C[C@H]1C(=O)C=C1[C@@H]2[C@H](CN=C(N)N[C@@H](C)O)C[C@]2(C)[C@@H]3C[C@@H](CSSC[C@@H](n4ccnc4)CC(C)(C)C4=C5CCCC6(CCCC6)[C@@H]5C5=C6[C@H](CCC5)C[C@@H]3[C@H](O)[C@H]64)[C@@]12O. The van der Waals surface area contributed by atoms with Crippen LogP contribution in [0.25, 0.3) is 0 Å². The highest BCUT2D eigenvalue weighted by Crippen LogP contribution is 2.75. The van der Waals surface area contributed by atoms with Gasteiger partial charge in [-0.3, -0.25) is 9.79 Å². The number of imidazole rings is 1. The first kappa shape index (κ1) is 51.9. The lowest BCUT2D eigenvalue weighted by Crippen LogP contribution is -2.66. The molecular weight excluding hydrogens is 939 g/mol. The summed E-state index contributed by atoms with van der Waals surface area (Å²) in [4.78, 5) is 24.8. The van der Waals surface area contributed by atoms with Gasteiger partial charge in [-0.05, 0) is 167 Å². The lowest BCUT2D eigenvalue weighted by Gasteiger charge is -2.65. The molecule has 1 aliphatic heterocycles. The van der Waals surface area contributed by atoms with E-state index in [0.29, 0.717) is 48.3 Å². The van der Waals surface area contributed by atoms with Crippen LogP contribution in [0.4, 0.5) is 0 Å². The molecule has 6 saturated carbocycles. The number of nitrogens with two attached hydrogens (primary N) is 1. The molecule has 1 aromatic heterocycles. The molecule has 11 rings (SSSR count). The second kappa shape index (κ2) is 19.4. The molecule has 0 amide bonds. The normalized spacial score (nSPS) is 43.9. The quantitative estimate of drug-likeness (QED) is 0.0432. The number of allylic oxidation sites excluding steroid dienone is 3. The van der Waals surface area contributed by atoms with E-state index in [9.17, 15) is 25.5 Å². The number of carbonyl (C=O) groups excluding carboxylic acids is 1. The van der Waals surface area contributed by atoms with Gasteiger partial charge in [0.1, 0.15) is 6.23 Å². The smallest absolute Gasteiger partial charge is 0.190 e. The number of fused-ring (bicyclic) bond motifs is 14. The number of aromatic nitrogens is 2. The fraction of sp³-hybridized carbons (Fsp3) is 0.814. The third-order valence-corrected chi connectivity index (χ3v) is 24.8. The number of aliphatic hydroxyl groups excluding tert-OH is 4. The number of carbonyl (C=O) groups is 1. The van der Waals surface area contributed by atoms with Gasteiger partial charge in [-0.25, -0.2) is 4.98 Å². The van der Waals surface area contributed by atoms with Crippen molar-refractivity contribution in [3.05, 3.63) is 52.7 Å². The Kier molecular flexibility index (Phi) is 14.0. The molecule has 13 heteroatoms. The first-order valence-electron chi connectivity index (χ1n) is 28.8. The zero-order chi connectivity index (χ0) is 50.7. The summed E-state index contributed by atoms with van der Waals surface area (Å²) in [5.74, 6) is 1.74. The fourth-order valence-corrected chi connectivity index (χ4v) is 22.5.